The van der Waals surface area contributed by atoms with Crippen LogP contribution in [0.15, 0.2) is 35.1 Å². The fourth-order valence-electron chi connectivity index (χ4n) is 3.25. The Morgan fingerprint density at radius 1 is 1.15 bits per heavy atom. The van der Waals surface area contributed by atoms with Crippen molar-refractivity contribution in [3.05, 3.63) is 69.5 Å². The molecule has 8 heteroatoms. The van der Waals surface area contributed by atoms with E-state index in [9.17, 15) is 9.18 Å². The fourth-order valence-corrected chi connectivity index (χ4v) is 3.25. The van der Waals surface area contributed by atoms with Crippen molar-refractivity contribution in [1.82, 2.24) is 29.4 Å². The molecule has 3 aromatic heterocycles. The Hall–Kier alpha value is -3.29. The van der Waals surface area contributed by atoms with E-state index in [0.717, 1.165) is 22.6 Å². The Bertz CT molecular complexity index is 1190. The van der Waals surface area contributed by atoms with Crippen molar-refractivity contribution >= 4 is 5.65 Å². The predicted octanol–water partition coefficient (Wildman–Crippen LogP) is 2.65. The normalized spacial score (nSPS) is 11.4. The van der Waals surface area contributed by atoms with Crippen LogP contribution in [-0.4, -0.2) is 29.4 Å². The number of hydrogen-bond acceptors (Lipinski definition) is 4. The maximum Gasteiger partial charge on any atom is 0.272 e. The molecule has 138 valence electrons. The molecule has 0 amide bonds. The van der Waals surface area contributed by atoms with E-state index in [4.69, 9.17) is 4.98 Å². The Balaban J connectivity index is 1.89. The molecule has 0 unspecified atom stereocenters. The lowest BCUT2D eigenvalue weighted by Gasteiger charge is -2.05. The summed E-state index contributed by atoms with van der Waals surface area (Å²) in [6, 6.07) is 7.69. The zero-order valence-corrected chi connectivity index (χ0v) is 15.3. The van der Waals surface area contributed by atoms with Crippen LogP contribution < -0.4 is 5.56 Å². The Morgan fingerprint density at radius 2 is 1.89 bits per heavy atom. The van der Waals surface area contributed by atoms with E-state index in [1.807, 2.05) is 20.8 Å². The average molecular weight is 366 g/mol. The van der Waals surface area contributed by atoms with Crippen LogP contribution in [0, 0.1) is 19.7 Å². The van der Waals surface area contributed by atoms with Crippen LogP contribution in [0.5, 0.6) is 0 Å². The number of H-pyrrole nitrogens is 1. The molecule has 1 aromatic carbocycles. The highest BCUT2D eigenvalue weighted by molar-refractivity contribution is 5.80. The number of benzene rings is 1. The number of hydrogen-bond donors (Lipinski definition) is 1. The summed E-state index contributed by atoms with van der Waals surface area (Å²) in [7, 11) is 0. The van der Waals surface area contributed by atoms with Gasteiger partial charge in [0.2, 0.25) is 0 Å². The Kier molecular flexibility index (Phi) is 4.10. The molecule has 0 spiro atoms. The molecule has 4 rings (SSSR count). The average Bonchev–Trinajstić information content (AvgIpc) is 3.15. The van der Waals surface area contributed by atoms with Gasteiger partial charge in [0, 0.05) is 17.3 Å². The summed E-state index contributed by atoms with van der Waals surface area (Å²) in [5.41, 5.74) is 3.41. The van der Waals surface area contributed by atoms with E-state index < -0.39 is 0 Å². The number of rotatable bonds is 4. The fraction of sp³-hybridized carbons (Fsp3) is 0.263. The summed E-state index contributed by atoms with van der Waals surface area (Å²) >= 11 is 0. The van der Waals surface area contributed by atoms with Crippen LogP contribution in [0.2, 0.25) is 0 Å². The molecule has 1 N–H and O–H groups in total. The number of nitrogens with zero attached hydrogens (tertiary/aromatic N) is 5. The van der Waals surface area contributed by atoms with Gasteiger partial charge < -0.3 is 0 Å². The second-order valence-electron chi connectivity index (χ2n) is 6.43. The summed E-state index contributed by atoms with van der Waals surface area (Å²) in [4.78, 5) is 21.6. The van der Waals surface area contributed by atoms with Crippen LogP contribution in [0.25, 0.3) is 16.8 Å². The number of aromatic nitrogens is 6. The first-order valence-electron chi connectivity index (χ1n) is 8.73. The van der Waals surface area contributed by atoms with Crippen molar-refractivity contribution in [2.24, 2.45) is 0 Å². The maximum atomic E-state index is 13.3. The van der Waals surface area contributed by atoms with E-state index in [1.165, 1.54) is 22.7 Å². The second kappa shape index (κ2) is 6.46. The van der Waals surface area contributed by atoms with Crippen molar-refractivity contribution < 1.29 is 4.39 Å². The summed E-state index contributed by atoms with van der Waals surface area (Å²) < 4.78 is 16.5. The minimum absolute atomic E-state index is 0.201. The monoisotopic (exact) mass is 366 g/mol. The molecule has 0 radical (unpaired) electrons. The number of aromatic amines is 1. The van der Waals surface area contributed by atoms with Crippen molar-refractivity contribution in [2.45, 2.75) is 33.7 Å². The molecule has 0 fully saturated rings. The molecule has 0 bridgehead atoms. The lowest BCUT2D eigenvalue weighted by molar-refractivity contribution is 0.628. The highest BCUT2D eigenvalue weighted by Gasteiger charge is 2.17. The summed E-state index contributed by atoms with van der Waals surface area (Å²) in [5.74, 6) is 1.13. The first-order chi connectivity index (χ1) is 13.0. The van der Waals surface area contributed by atoms with E-state index in [2.05, 4.69) is 15.2 Å². The summed E-state index contributed by atoms with van der Waals surface area (Å²) in [6.07, 6.45) is 0.687. The number of fused-ring (bicyclic) bond motifs is 1. The van der Waals surface area contributed by atoms with E-state index in [1.54, 1.807) is 16.8 Å². The number of halogens is 1. The van der Waals surface area contributed by atoms with E-state index in [0.29, 0.717) is 30.1 Å². The molecular formula is C19H19FN6O. The van der Waals surface area contributed by atoms with Crippen LogP contribution in [-0.2, 0) is 13.0 Å². The molecule has 0 aliphatic heterocycles. The molecule has 0 saturated heterocycles. The molecule has 7 nitrogen and oxygen atoms in total. The second-order valence-corrected chi connectivity index (χ2v) is 6.43. The van der Waals surface area contributed by atoms with Gasteiger partial charge >= 0.3 is 0 Å². The van der Waals surface area contributed by atoms with Crippen LogP contribution in [0.4, 0.5) is 4.39 Å². The van der Waals surface area contributed by atoms with E-state index >= 15 is 0 Å². The first-order valence-corrected chi connectivity index (χ1v) is 8.73. The molecular weight excluding hydrogens is 347 g/mol. The van der Waals surface area contributed by atoms with Gasteiger partial charge in [0.1, 0.15) is 17.5 Å². The summed E-state index contributed by atoms with van der Waals surface area (Å²) in [5, 5.41) is 7.45. The lowest BCUT2D eigenvalue weighted by Crippen LogP contribution is -2.17. The highest BCUT2D eigenvalue weighted by Crippen LogP contribution is 2.27. The Morgan fingerprint density at radius 3 is 2.52 bits per heavy atom. The zero-order valence-electron chi connectivity index (χ0n) is 15.3. The zero-order chi connectivity index (χ0) is 19.1. The third-order valence-corrected chi connectivity index (χ3v) is 4.50. The number of aryl methyl sites for hydroxylation is 3. The molecule has 0 saturated carbocycles. The highest BCUT2D eigenvalue weighted by atomic mass is 19.1. The molecule has 0 aliphatic rings. The van der Waals surface area contributed by atoms with Crippen LogP contribution >= 0.6 is 0 Å². The lowest BCUT2D eigenvalue weighted by atomic mass is 10.0. The minimum atomic E-state index is -0.306. The van der Waals surface area contributed by atoms with Gasteiger partial charge in [0.25, 0.3) is 5.56 Å². The predicted molar refractivity (Wildman–Crippen MR) is 99.2 cm³/mol. The standard InChI is InChI=1S/C19H19FN6O/c1-4-16-18(13-5-7-14(20)8-6-13)19-22-15(9-17(27)26(19)24-16)10-25-12(3)21-11(2)23-25/h5-9,24H,4,10H2,1-3H3. The van der Waals surface area contributed by atoms with Crippen LogP contribution in [0.1, 0.15) is 30.0 Å². The minimum Gasteiger partial charge on any atom is -0.293 e. The largest absolute Gasteiger partial charge is 0.293 e. The molecule has 0 atom stereocenters. The van der Waals surface area contributed by atoms with Crippen molar-refractivity contribution in [3.8, 4) is 11.1 Å². The van der Waals surface area contributed by atoms with Crippen molar-refractivity contribution in [3.63, 3.8) is 0 Å². The SMILES string of the molecule is CCc1[nH]n2c(=O)cc(Cn3nc(C)nc3C)nc2c1-c1ccc(F)cc1. The van der Waals surface area contributed by atoms with Gasteiger partial charge in [-0.25, -0.2) is 23.6 Å². The smallest absolute Gasteiger partial charge is 0.272 e. The molecule has 0 aliphatic carbocycles. The first kappa shape index (κ1) is 17.1. The third kappa shape index (κ3) is 3.03. The van der Waals surface area contributed by atoms with Crippen molar-refractivity contribution in [2.75, 3.05) is 0 Å². The number of nitrogens with one attached hydrogen (secondary N) is 1. The molecule has 4 aromatic rings. The van der Waals surface area contributed by atoms with Gasteiger partial charge in [-0.05, 0) is 38.0 Å². The summed E-state index contributed by atoms with van der Waals surface area (Å²) in [6.45, 7) is 6.03. The molecule has 3 heterocycles. The van der Waals surface area contributed by atoms with Gasteiger partial charge in [-0.3, -0.25) is 9.89 Å². The quantitative estimate of drug-likeness (QED) is 0.602. The van der Waals surface area contributed by atoms with Gasteiger partial charge in [-0.15, -0.1) is 0 Å². The van der Waals surface area contributed by atoms with Gasteiger partial charge in [0.15, 0.2) is 5.65 Å². The van der Waals surface area contributed by atoms with Crippen LogP contribution in [0.3, 0.4) is 0 Å². The van der Waals surface area contributed by atoms with Crippen molar-refractivity contribution in [1.29, 1.82) is 0 Å². The van der Waals surface area contributed by atoms with Gasteiger partial charge in [0.05, 0.1) is 12.2 Å². The van der Waals surface area contributed by atoms with Gasteiger partial charge in [-0.2, -0.15) is 5.10 Å². The third-order valence-electron chi connectivity index (χ3n) is 4.50. The maximum absolute atomic E-state index is 13.3. The van der Waals surface area contributed by atoms with Gasteiger partial charge in [-0.1, -0.05) is 19.1 Å². The molecule has 27 heavy (non-hydrogen) atoms. The van der Waals surface area contributed by atoms with E-state index in [-0.39, 0.29) is 11.4 Å². The Labute approximate surface area is 154 Å². The topological polar surface area (TPSA) is 80.9 Å².